The lowest BCUT2D eigenvalue weighted by atomic mass is 9.96. The Morgan fingerprint density at radius 3 is 1.03 bits per heavy atom. The zero-order chi connectivity index (χ0) is 71.8. The number of unbranched alkanes of at least 4 members (excludes halogenated alkanes) is 45. The van der Waals surface area contributed by atoms with E-state index in [1.807, 2.05) is 6.08 Å². The maximum Gasteiger partial charge on any atom is 0.220 e. The molecule has 0 aliphatic carbocycles. The summed E-state index contributed by atoms with van der Waals surface area (Å²) in [6.07, 6.45) is 48.5. The third kappa shape index (κ3) is 41.5. The van der Waals surface area contributed by atoms with Gasteiger partial charge in [0.15, 0.2) is 18.9 Å². The summed E-state index contributed by atoms with van der Waals surface area (Å²) >= 11 is 0. The van der Waals surface area contributed by atoms with E-state index < -0.39 is 124 Å². The van der Waals surface area contributed by atoms with E-state index in [0.29, 0.717) is 6.42 Å². The Morgan fingerprint density at radius 1 is 0.364 bits per heavy atom. The Hall–Kier alpha value is -1.99. The third-order valence-corrected chi connectivity index (χ3v) is 20.4. The lowest BCUT2D eigenvalue weighted by Gasteiger charge is -2.48. The Bertz CT molecular complexity index is 1930. The van der Waals surface area contributed by atoms with Gasteiger partial charge in [-0.25, -0.2) is 0 Å². The quantitative estimate of drug-likeness (QED) is 0.0199. The summed E-state index contributed by atoms with van der Waals surface area (Å²) < 4.78 is 34.5. The zero-order valence-corrected chi connectivity index (χ0v) is 62.2. The van der Waals surface area contributed by atoms with Gasteiger partial charge in [-0.3, -0.25) is 4.79 Å². The topological polar surface area (TPSA) is 307 Å². The first-order valence-corrected chi connectivity index (χ1v) is 40.7. The van der Waals surface area contributed by atoms with Crippen LogP contribution in [0.5, 0.6) is 0 Å². The van der Waals surface area contributed by atoms with Crippen LogP contribution < -0.4 is 5.32 Å². The molecule has 0 spiro atoms. The molecule has 0 bridgehead atoms. The minimum absolute atomic E-state index is 0.247. The van der Waals surface area contributed by atoms with Crippen molar-refractivity contribution in [3.8, 4) is 0 Å². The van der Waals surface area contributed by atoms with Crippen LogP contribution in [0.15, 0.2) is 36.5 Å². The molecule has 3 heterocycles. The van der Waals surface area contributed by atoms with Gasteiger partial charge in [-0.15, -0.1) is 0 Å². The monoisotopic (exact) mass is 1410 g/mol. The highest BCUT2D eigenvalue weighted by Gasteiger charge is 2.54. The molecule has 1 amide bonds. The highest BCUT2D eigenvalue weighted by molar-refractivity contribution is 5.76. The predicted octanol–water partition coefficient (Wildman–Crippen LogP) is 13.5. The van der Waals surface area contributed by atoms with E-state index in [2.05, 4.69) is 43.5 Å². The molecular weight excluding hydrogens is 1260 g/mol. The number of carbonyl (C=O) groups excluding carboxylic acids is 1. The van der Waals surface area contributed by atoms with Crippen molar-refractivity contribution in [2.45, 2.75) is 439 Å². The molecule has 0 aromatic carbocycles. The van der Waals surface area contributed by atoms with Crippen LogP contribution in [-0.2, 0) is 33.2 Å². The lowest BCUT2D eigenvalue weighted by molar-refractivity contribution is -0.379. The van der Waals surface area contributed by atoms with Crippen molar-refractivity contribution in [2.75, 3.05) is 26.4 Å². The second-order valence-electron chi connectivity index (χ2n) is 29.2. The number of carbonyl (C=O) groups is 1. The second kappa shape index (κ2) is 61.2. The molecule has 17 atom stereocenters. The van der Waals surface area contributed by atoms with Gasteiger partial charge in [0.1, 0.15) is 73.2 Å². The van der Waals surface area contributed by atoms with Crippen LogP contribution in [-0.4, -0.2) is 193 Å². The number of hydrogen-bond donors (Lipinski definition) is 12. The Labute approximate surface area is 600 Å². The van der Waals surface area contributed by atoms with Gasteiger partial charge in [-0.1, -0.05) is 314 Å². The summed E-state index contributed by atoms with van der Waals surface area (Å²) in [5.41, 5.74) is 0. The van der Waals surface area contributed by atoms with Crippen LogP contribution in [0, 0.1) is 0 Å². The molecule has 3 rings (SSSR count). The van der Waals surface area contributed by atoms with E-state index >= 15 is 0 Å². The van der Waals surface area contributed by atoms with Gasteiger partial charge in [0.05, 0.1) is 38.6 Å². The average Bonchev–Trinajstić information content (AvgIpc) is 0.761. The molecule has 19 nitrogen and oxygen atoms in total. The minimum atomic E-state index is -1.98. The summed E-state index contributed by atoms with van der Waals surface area (Å²) in [7, 11) is 0. The molecule has 0 aromatic rings. The van der Waals surface area contributed by atoms with E-state index in [4.69, 9.17) is 28.4 Å². The molecule has 582 valence electrons. The molecule has 99 heavy (non-hydrogen) atoms. The molecule has 3 aliphatic heterocycles. The molecule has 3 aliphatic rings. The third-order valence-electron chi connectivity index (χ3n) is 20.4. The van der Waals surface area contributed by atoms with Gasteiger partial charge < -0.3 is 89.9 Å². The van der Waals surface area contributed by atoms with E-state index in [1.54, 1.807) is 6.08 Å². The summed E-state index contributed by atoms with van der Waals surface area (Å²) in [5, 5.41) is 121. The smallest absolute Gasteiger partial charge is 0.220 e. The standard InChI is InChI=1S/C80H149NO18/c1-3-5-7-9-11-13-15-17-19-21-23-25-26-27-28-29-30-31-32-33-34-35-36-38-40-42-44-46-48-50-52-54-56-58-68(86)81-63(64(85)57-55-53-51-49-47-45-43-41-39-37-24-22-20-18-16-14-12-10-8-6-4-2)62-94-78-74(92)71(89)76(66(60-83)96-78)99-80-75(93)72(90)77(67(61-84)97-80)98-79-73(91)70(88)69(87)65(59-82)95-79/h15,17,21,23,55,57,63-67,69-80,82-85,87-93H,3-14,16,18-20,22,24-54,56,58-62H2,1-2H3,(H,81,86)/b17-15-,23-21-,57-55+. The van der Waals surface area contributed by atoms with Crippen LogP contribution >= 0.6 is 0 Å². The molecule has 17 unspecified atom stereocenters. The van der Waals surface area contributed by atoms with Gasteiger partial charge in [-0.05, 0) is 51.4 Å². The summed E-state index contributed by atoms with van der Waals surface area (Å²) in [5.74, 6) is -0.269. The SMILES string of the molecule is CCCCCCC/C=C\C/C=C\CCCCCCCCCCCCCCCCCCCCCCCC(=O)NC(COC1OC(CO)C(OC2OC(CO)C(OC3OC(CO)C(O)C(O)C3O)C(O)C2O)C(O)C1O)C(O)/C=C/CCCCCCCCCCCCCCCCCCCCC. The second-order valence-corrected chi connectivity index (χ2v) is 29.2. The molecule has 3 fully saturated rings. The van der Waals surface area contributed by atoms with Crippen molar-refractivity contribution >= 4 is 5.91 Å². The number of rotatable bonds is 65. The van der Waals surface area contributed by atoms with Gasteiger partial charge in [0.25, 0.3) is 0 Å². The fourth-order valence-corrected chi connectivity index (χ4v) is 13.9. The number of aliphatic hydroxyl groups is 11. The normalized spacial score (nSPS) is 26.7. The number of ether oxygens (including phenoxy) is 6. The molecule has 0 saturated carbocycles. The lowest BCUT2D eigenvalue weighted by Crippen LogP contribution is -2.66. The maximum absolute atomic E-state index is 13.5. The summed E-state index contributed by atoms with van der Waals surface area (Å²) in [4.78, 5) is 13.5. The number of aliphatic hydroxyl groups excluding tert-OH is 11. The minimum Gasteiger partial charge on any atom is -0.394 e. The molecule has 0 radical (unpaired) electrons. The van der Waals surface area contributed by atoms with Crippen molar-refractivity contribution in [3.05, 3.63) is 36.5 Å². The van der Waals surface area contributed by atoms with Crippen molar-refractivity contribution in [2.24, 2.45) is 0 Å². The molecule has 12 N–H and O–H groups in total. The van der Waals surface area contributed by atoms with Crippen molar-refractivity contribution in [3.63, 3.8) is 0 Å². The molecule has 0 aromatic heterocycles. The van der Waals surface area contributed by atoms with Crippen molar-refractivity contribution in [1.29, 1.82) is 0 Å². The first-order valence-electron chi connectivity index (χ1n) is 40.7. The van der Waals surface area contributed by atoms with Gasteiger partial charge >= 0.3 is 0 Å². The Kier molecular flexibility index (Phi) is 56.4. The number of nitrogens with one attached hydrogen (secondary N) is 1. The van der Waals surface area contributed by atoms with E-state index in [9.17, 15) is 61.0 Å². The van der Waals surface area contributed by atoms with Crippen LogP contribution in [0.1, 0.15) is 335 Å². The van der Waals surface area contributed by atoms with Gasteiger partial charge in [0.2, 0.25) is 5.91 Å². The van der Waals surface area contributed by atoms with Crippen molar-refractivity contribution in [1.82, 2.24) is 5.32 Å². The van der Waals surface area contributed by atoms with Crippen molar-refractivity contribution < 1.29 is 89.4 Å². The Balaban J connectivity index is 1.35. The van der Waals surface area contributed by atoms with Crippen LogP contribution in [0.4, 0.5) is 0 Å². The van der Waals surface area contributed by atoms with Crippen LogP contribution in [0.3, 0.4) is 0 Å². The first-order chi connectivity index (χ1) is 48.3. The maximum atomic E-state index is 13.5. The predicted molar refractivity (Wildman–Crippen MR) is 393 cm³/mol. The number of amides is 1. The summed E-state index contributed by atoms with van der Waals surface area (Å²) in [6.45, 7) is 1.78. The number of hydrogen-bond acceptors (Lipinski definition) is 18. The van der Waals surface area contributed by atoms with E-state index in [1.165, 1.54) is 257 Å². The summed E-state index contributed by atoms with van der Waals surface area (Å²) in [6, 6.07) is -0.972. The van der Waals surface area contributed by atoms with Crippen LogP contribution in [0.25, 0.3) is 0 Å². The fourth-order valence-electron chi connectivity index (χ4n) is 13.9. The molecule has 3 saturated heterocycles. The largest absolute Gasteiger partial charge is 0.394 e. The average molecular weight is 1410 g/mol. The first kappa shape index (κ1) is 91.2. The zero-order valence-electron chi connectivity index (χ0n) is 62.2. The molecular formula is C80H149NO18. The van der Waals surface area contributed by atoms with Gasteiger partial charge in [0, 0.05) is 6.42 Å². The van der Waals surface area contributed by atoms with E-state index in [-0.39, 0.29) is 18.9 Å². The highest BCUT2D eigenvalue weighted by Crippen LogP contribution is 2.33. The van der Waals surface area contributed by atoms with Gasteiger partial charge in [-0.2, -0.15) is 0 Å². The highest BCUT2D eigenvalue weighted by atomic mass is 16.8. The Morgan fingerprint density at radius 2 is 0.667 bits per heavy atom. The van der Waals surface area contributed by atoms with E-state index in [0.717, 1.165) is 51.4 Å². The number of allylic oxidation sites excluding steroid dienone is 5. The molecule has 19 heteroatoms. The fraction of sp³-hybridized carbons (Fsp3) is 0.912. The van der Waals surface area contributed by atoms with Crippen LogP contribution in [0.2, 0.25) is 0 Å².